The number of aliphatic hydroxyl groups excluding tert-OH is 2. The van der Waals surface area contributed by atoms with Crippen molar-refractivity contribution < 1.29 is 19.8 Å². The van der Waals surface area contributed by atoms with Crippen molar-refractivity contribution >= 4 is 45.0 Å². The third kappa shape index (κ3) is 3.10. The van der Waals surface area contributed by atoms with Gasteiger partial charge >= 0.3 is 0 Å². The van der Waals surface area contributed by atoms with Crippen LogP contribution in [0, 0.1) is 13.8 Å². The summed E-state index contributed by atoms with van der Waals surface area (Å²) >= 11 is 0. The Morgan fingerprint density at radius 2 is 0.921 bits per heavy atom. The van der Waals surface area contributed by atoms with Crippen LogP contribution in [0.4, 0.5) is 0 Å². The van der Waals surface area contributed by atoms with Crippen LogP contribution in [0.25, 0.3) is 33.4 Å². The zero-order valence-corrected chi connectivity index (χ0v) is 21.9. The van der Waals surface area contributed by atoms with Gasteiger partial charge in [-0.1, -0.05) is 50.2 Å². The van der Waals surface area contributed by atoms with Crippen LogP contribution in [0.1, 0.15) is 79.1 Å². The van der Waals surface area contributed by atoms with Crippen molar-refractivity contribution in [2.24, 2.45) is 0 Å². The van der Waals surface area contributed by atoms with Gasteiger partial charge in [0.25, 0.3) is 0 Å². The van der Waals surface area contributed by atoms with Crippen LogP contribution in [0.3, 0.4) is 0 Å². The molecule has 0 fully saturated rings. The van der Waals surface area contributed by atoms with Crippen LogP contribution in [0.2, 0.25) is 0 Å². The first-order chi connectivity index (χ1) is 18.3. The number of carbonyl (C=O) groups is 2. The number of ketones is 2. The lowest BCUT2D eigenvalue weighted by Gasteiger charge is -2.27. The second kappa shape index (κ2) is 8.56. The number of carbonyl (C=O) groups excluding carboxylic acids is 2. The van der Waals surface area contributed by atoms with Crippen molar-refractivity contribution in [1.29, 1.82) is 0 Å². The molecule has 0 heterocycles. The van der Waals surface area contributed by atoms with E-state index in [1.165, 1.54) is 0 Å². The van der Waals surface area contributed by atoms with Gasteiger partial charge in [-0.15, -0.1) is 0 Å². The molecule has 0 spiro atoms. The molecule has 0 amide bonds. The third-order valence-corrected chi connectivity index (χ3v) is 8.07. The van der Waals surface area contributed by atoms with E-state index >= 15 is 0 Å². The van der Waals surface area contributed by atoms with Gasteiger partial charge in [-0.25, -0.2) is 0 Å². The SMILES string of the molecule is CCc1cccc(C)c1C1=C(O)c2ccc3c4c(ccc(c24)C1=O)C(O)=C(c1c(C)cccc1CC)C3=O. The Balaban J connectivity index is 1.68. The summed E-state index contributed by atoms with van der Waals surface area (Å²) < 4.78 is 0. The predicted octanol–water partition coefficient (Wildman–Crippen LogP) is 7.83. The molecule has 2 N–H and O–H groups in total. The summed E-state index contributed by atoms with van der Waals surface area (Å²) in [6, 6.07) is 18.6. The summed E-state index contributed by atoms with van der Waals surface area (Å²) in [5.74, 6) is -0.749. The number of benzene rings is 4. The van der Waals surface area contributed by atoms with Gasteiger partial charge in [0.1, 0.15) is 11.5 Å². The van der Waals surface area contributed by atoms with Crippen LogP contribution in [0.5, 0.6) is 0 Å². The van der Waals surface area contributed by atoms with Gasteiger partial charge < -0.3 is 10.2 Å². The second-order valence-corrected chi connectivity index (χ2v) is 10.1. The van der Waals surface area contributed by atoms with E-state index in [0.717, 1.165) is 46.2 Å². The number of rotatable bonds is 4. The maximum absolute atomic E-state index is 14.0. The molecule has 0 saturated carbocycles. The highest BCUT2D eigenvalue weighted by atomic mass is 16.3. The number of Topliss-reactive ketones (excluding diaryl/α,β-unsaturated/α-hetero) is 2. The van der Waals surface area contributed by atoms with Crippen LogP contribution in [-0.2, 0) is 12.8 Å². The minimum Gasteiger partial charge on any atom is -0.507 e. The molecule has 188 valence electrons. The summed E-state index contributed by atoms with van der Waals surface area (Å²) in [6.45, 7) is 7.94. The zero-order chi connectivity index (χ0) is 26.9. The standard InChI is InChI=1S/C34H28O4/c1-5-19-11-7-9-17(3)25(19)29-31(35)21-13-15-23-28-24(16-14-22(27(21)28)32(29)36)34(38)30(33(23)37)26-18(4)10-8-12-20(26)6-2/h7-16,35,38H,5-6H2,1-4H3. The topological polar surface area (TPSA) is 74.6 Å². The lowest BCUT2D eigenvalue weighted by Crippen LogP contribution is -2.19. The lowest BCUT2D eigenvalue weighted by molar-refractivity contribution is 0.104. The highest BCUT2D eigenvalue weighted by molar-refractivity contribution is 6.45. The molecule has 0 unspecified atom stereocenters. The molecule has 2 aliphatic rings. The van der Waals surface area contributed by atoms with E-state index in [-0.39, 0.29) is 34.2 Å². The monoisotopic (exact) mass is 500 g/mol. The first kappa shape index (κ1) is 23.9. The highest BCUT2D eigenvalue weighted by Crippen LogP contribution is 2.47. The molecule has 0 bridgehead atoms. The van der Waals surface area contributed by atoms with Crippen LogP contribution >= 0.6 is 0 Å². The Labute approximate surface area is 221 Å². The zero-order valence-electron chi connectivity index (χ0n) is 21.9. The fourth-order valence-electron chi connectivity index (χ4n) is 6.25. The molecule has 0 radical (unpaired) electrons. The normalized spacial score (nSPS) is 14.6. The Morgan fingerprint density at radius 1 is 0.553 bits per heavy atom. The molecule has 0 saturated heterocycles. The van der Waals surface area contributed by atoms with Crippen molar-refractivity contribution in [3.63, 3.8) is 0 Å². The molecule has 4 aromatic carbocycles. The average Bonchev–Trinajstić information content (AvgIpc) is 2.92. The molecule has 2 aliphatic carbocycles. The van der Waals surface area contributed by atoms with Gasteiger partial charge in [0.15, 0.2) is 11.6 Å². The molecule has 0 atom stereocenters. The van der Waals surface area contributed by atoms with Gasteiger partial charge in [0.05, 0.1) is 11.1 Å². The van der Waals surface area contributed by atoms with Crippen molar-refractivity contribution in [1.82, 2.24) is 0 Å². The molecule has 4 heteroatoms. The molecule has 6 rings (SSSR count). The summed E-state index contributed by atoms with van der Waals surface area (Å²) in [6.07, 6.45) is 1.44. The Bertz CT molecular complexity index is 1670. The van der Waals surface area contributed by atoms with Gasteiger partial charge in [0, 0.05) is 33.0 Å². The molecule has 4 nitrogen and oxygen atoms in total. The van der Waals surface area contributed by atoms with E-state index < -0.39 is 0 Å². The predicted molar refractivity (Wildman–Crippen MR) is 153 cm³/mol. The van der Waals surface area contributed by atoms with E-state index in [2.05, 4.69) is 0 Å². The van der Waals surface area contributed by atoms with Crippen LogP contribution in [0.15, 0.2) is 60.7 Å². The van der Waals surface area contributed by atoms with E-state index in [1.807, 2.05) is 64.1 Å². The number of hydrogen-bond acceptors (Lipinski definition) is 4. The van der Waals surface area contributed by atoms with Gasteiger partial charge in [-0.3, -0.25) is 9.59 Å². The fourth-order valence-corrected chi connectivity index (χ4v) is 6.25. The maximum Gasteiger partial charge on any atom is 0.198 e. The number of aliphatic hydroxyl groups is 2. The minimum atomic E-state index is -0.281. The summed E-state index contributed by atoms with van der Waals surface area (Å²) in [5.41, 5.74) is 7.71. The summed E-state index contributed by atoms with van der Waals surface area (Å²) in [5, 5.41) is 24.1. The van der Waals surface area contributed by atoms with E-state index in [4.69, 9.17) is 0 Å². The quantitative estimate of drug-likeness (QED) is 0.299. The first-order valence-corrected chi connectivity index (χ1v) is 13.0. The molecule has 0 aromatic heterocycles. The largest absolute Gasteiger partial charge is 0.507 e. The second-order valence-electron chi connectivity index (χ2n) is 10.1. The third-order valence-electron chi connectivity index (χ3n) is 8.07. The van der Waals surface area contributed by atoms with Gasteiger partial charge in [-0.05, 0) is 84.3 Å². The van der Waals surface area contributed by atoms with Crippen molar-refractivity contribution in [3.05, 3.63) is 116 Å². The van der Waals surface area contributed by atoms with Crippen LogP contribution < -0.4 is 0 Å². The lowest BCUT2D eigenvalue weighted by atomic mass is 9.75. The minimum absolute atomic E-state index is 0.0934. The fraction of sp³-hybridized carbons (Fsp3) is 0.176. The van der Waals surface area contributed by atoms with Crippen molar-refractivity contribution in [2.75, 3.05) is 0 Å². The van der Waals surface area contributed by atoms with E-state index in [0.29, 0.717) is 33.0 Å². The molecular weight excluding hydrogens is 472 g/mol. The molecular formula is C34H28O4. The Hall–Kier alpha value is -4.44. The number of aryl methyl sites for hydroxylation is 4. The Morgan fingerprint density at radius 3 is 1.29 bits per heavy atom. The Kier molecular flexibility index (Phi) is 5.39. The van der Waals surface area contributed by atoms with Gasteiger partial charge in [-0.2, -0.15) is 0 Å². The van der Waals surface area contributed by atoms with Crippen LogP contribution in [-0.4, -0.2) is 21.8 Å². The number of allylic oxidation sites excluding steroid dienone is 2. The molecule has 0 aliphatic heterocycles. The maximum atomic E-state index is 14.0. The van der Waals surface area contributed by atoms with E-state index in [9.17, 15) is 19.8 Å². The molecule has 38 heavy (non-hydrogen) atoms. The average molecular weight is 501 g/mol. The molecule has 4 aromatic rings. The number of hydrogen-bond donors (Lipinski definition) is 2. The van der Waals surface area contributed by atoms with Crippen molar-refractivity contribution in [2.45, 2.75) is 40.5 Å². The summed E-state index contributed by atoms with van der Waals surface area (Å²) in [4.78, 5) is 27.9. The smallest absolute Gasteiger partial charge is 0.198 e. The summed E-state index contributed by atoms with van der Waals surface area (Å²) in [7, 11) is 0. The van der Waals surface area contributed by atoms with E-state index in [1.54, 1.807) is 24.3 Å². The highest BCUT2D eigenvalue weighted by Gasteiger charge is 2.37. The van der Waals surface area contributed by atoms with Crippen molar-refractivity contribution in [3.8, 4) is 0 Å². The first-order valence-electron chi connectivity index (χ1n) is 13.0. The van der Waals surface area contributed by atoms with Gasteiger partial charge in [0.2, 0.25) is 0 Å².